The van der Waals surface area contributed by atoms with E-state index < -0.39 is 0 Å². The highest BCUT2D eigenvalue weighted by molar-refractivity contribution is 7.99. The number of carbonyl (C=O) groups is 1. The zero-order chi connectivity index (χ0) is 20.9. The summed E-state index contributed by atoms with van der Waals surface area (Å²) in [5, 5.41) is 4.83. The van der Waals surface area contributed by atoms with E-state index in [2.05, 4.69) is 47.6 Å². The second-order valence-electron chi connectivity index (χ2n) is 7.28. The van der Waals surface area contributed by atoms with E-state index in [-0.39, 0.29) is 5.91 Å². The number of hydrogen-bond acceptors (Lipinski definition) is 2. The average molecular weight is 435 g/mol. The van der Waals surface area contributed by atoms with Crippen LogP contribution in [0.25, 0.3) is 10.9 Å². The van der Waals surface area contributed by atoms with Crippen LogP contribution in [0.3, 0.4) is 0 Å². The van der Waals surface area contributed by atoms with Crippen LogP contribution in [0.1, 0.15) is 28.0 Å². The molecule has 1 heterocycles. The van der Waals surface area contributed by atoms with Gasteiger partial charge >= 0.3 is 0 Å². The first kappa shape index (κ1) is 20.6. The molecule has 0 aliphatic heterocycles. The number of rotatable bonds is 7. The molecule has 30 heavy (non-hydrogen) atoms. The number of carbonyl (C=O) groups excluding carboxylic acids is 1. The number of aromatic amines is 1. The van der Waals surface area contributed by atoms with Gasteiger partial charge in [-0.3, -0.25) is 4.79 Å². The summed E-state index contributed by atoms with van der Waals surface area (Å²) in [6.45, 7) is 2.68. The maximum Gasteiger partial charge on any atom is 0.268 e. The molecule has 3 aromatic carbocycles. The van der Waals surface area contributed by atoms with Gasteiger partial charge in [-0.1, -0.05) is 65.8 Å². The number of hydrogen-bond donors (Lipinski definition) is 2. The van der Waals surface area contributed by atoms with E-state index >= 15 is 0 Å². The first-order valence-corrected chi connectivity index (χ1v) is 11.2. The van der Waals surface area contributed by atoms with E-state index in [9.17, 15) is 4.79 Å². The third kappa shape index (κ3) is 4.89. The molecule has 1 aromatic heterocycles. The lowest BCUT2D eigenvalue weighted by Gasteiger charge is -2.07. The summed E-state index contributed by atoms with van der Waals surface area (Å²) >= 11 is 7.60. The Balaban J connectivity index is 1.52. The number of aromatic nitrogens is 1. The Kier molecular flexibility index (Phi) is 6.46. The molecule has 0 bridgehead atoms. The third-order valence-corrected chi connectivity index (χ3v) is 6.33. The maximum atomic E-state index is 13.0. The van der Waals surface area contributed by atoms with E-state index in [0.717, 1.165) is 39.1 Å². The lowest BCUT2D eigenvalue weighted by Crippen LogP contribution is -2.25. The Hall–Kier alpha value is -2.69. The minimum absolute atomic E-state index is 0.0756. The zero-order valence-electron chi connectivity index (χ0n) is 16.7. The fraction of sp³-hybridized carbons (Fsp3) is 0.160. The Labute approximate surface area is 185 Å². The van der Waals surface area contributed by atoms with Gasteiger partial charge in [0.1, 0.15) is 5.69 Å². The molecule has 4 aromatic rings. The zero-order valence-corrected chi connectivity index (χ0v) is 18.3. The molecule has 0 fully saturated rings. The largest absolute Gasteiger partial charge is 0.351 e. The summed E-state index contributed by atoms with van der Waals surface area (Å²) in [4.78, 5) is 18.3. The molecule has 0 aliphatic carbocycles. The van der Waals surface area contributed by atoms with Crippen molar-refractivity contribution in [1.29, 1.82) is 0 Å². The summed E-state index contributed by atoms with van der Waals surface area (Å²) in [5.41, 5.74) is 4.02. The highest BCUT2D eigenvalue weighted by Crippen LogP contribution is 2.37. The van der Waals surface area contributed by atoms with Crippen molar-refractivity contribution in [1.82, 2.24) is 10.3 Å². The number of halogens is 1. The van der Waals surface area contributed by atoms with Crippen LogP contribution in [0.15, 0.2) is 82.6 Å². The number of H-pyrrole nitrogens is 1. The predicted octanol–water partition coefficient (Wildman–Crippen LogP) is 6.64. The van der Waals surface area contributed by atoms with Crippen LogP contribution in [0.5, 0.6) is 0 Å². The second kappa shape index (κ2) is 9.41. The van der Waals surface area contributed by atoms with Crippen molar-refractivity contribution in [3.63, 3.8) is 0 Å². The summed E-state index contributed by atoms with van der Waals surface area (Å²) in [5.74, 6) is -0.0756. The molecule has 2 N–H and O–H groups in total. The molecule has 152 valence electrons. The van der Waals surface area contributed by atoms with Gasteiger partial charge in [0.2, 0.25) is 0 Å². The summed E-state index contributed by atoms with van der Waals surface area (Å²) in [6, 6.07) is 24.2. The predicted molar refractivity (Wildman–Crippen MR) is 126 cm³/mol. The standard InChI is InChI=1S/C25H23ClN2OS/c1-17-9-14-21-22(16-17)28-23(24(21)30-20-12-10-19(26)11-13-20)25(29)27-15-5-8-18-6-3-2-4-7-18/h2-4,6-7,9-14,16,28H,5,8,15H2,1H3,(H,27,29). The van der Waals surface area contributed by atoms with E-state index in [0.29, 0.717) is 17.3 Å². The number of benzene rings is 3. The Morgan fingerprint density at radius 2 is 1.80 bits per heavy atom. The van der Waals surface area contributed by atoms with Gasteiger partial charge in [0.05, 0.1) is 4.90 Å². The van der Waals surface area contributed by atoms with Crippen molar-refractivity contribution >= 4 is 40.2 Å². The average Bonchev–Trinajstić information content (AvgIpc) is 3.11. The fourth-order valence-corrected chi connectivity index (χ4v) is 4.57. The first-order valence-electron chi connectivity index (χ1n) is 9.98. The van der Waals surface area contributed by atoms with E-state index in [1.165, 1.54) is 5.56 Å². The molecular formula is C25H23ClN2OS. The molecule has 4 rings (SSSR count). The smallest absolute Gasteiger partial charge is 0.268 e. The summed E-state index contributed by atoms with van der Waals surface area (Å²) in [7, 11) is 0. The molecule has 5 heteroatoms. The van der Waals surface area contributed by atoms with Gasteiger partial charge in [-0.05, 0) is 61.2 Å². The number of fused-ring (bicyclic) bond motifs is 1. The molecule has 0 saturated carbocycles. The van der Waals surface area contributed by atoms with Crippen molar-refractivity contribution < 1.29 is 4.79 Å². The Morgan fingerprint density at radius 3 is 2.57 bits per heavy atom. The van der Waals surface area contributed by atoms with Gasteiger partial charge in [0.15, 0.2) is 0 Å². The van der Waals surface area contributed by atoms with Crippen molar-refractivity contribution in [3.05, 3.63) is 94.6 Å². The molecule has 1 amide bonds. The number of aryl methyl sites for hydroxylation is 2. The third-order valence-electron chi connectivity index (χ3n) is 4.94. The van der Waals surface area contributed by atoms with Gasteiger partial charge in [-0.2, -0.15) is 0 Å². The van der Waals surface area contributed by atoms with Gasteiger partial charge < -0.3 is 10.3 Å². The Bertz CT molecular complexity index is 1150. The van der Waals surface area contributed by atoms with Gasteiger partial charge in [0.25, 0.3) is 5.91 Å². The van der Waals surface area contributed by atoms with E-state index in [4.69, 9.17) is 11.6 Å². The highest BCUT2D eigenvalue weighted by atomic mass is 35.5. The molecular weight excluding hydrogens is 412 g/mol. The quantitative estimate of drug-likeness (QED) is 0.320. The van der Waals surface area contributed by atoms with Crippen molar-refractivity contribution in [2.45, 2.75) is 29.6 Å². The highest BCUT2D eigenvalue weighted by Gasteiger charge is 2.19. The lowest BCUT2D eigenvalue weighted by atomic mass is 10.1. The molecule has 0 spiro atoms. The van der Waals surface area contributed by atoms with Crippen molar-refractivity contribution in [2.75, 3.05) is 6.54 Å². The minimum atomic E-state index is -0.0756. The maximum absolute atomic E-state index is 13.0. The van der Waals surface area contributed by atoms with Gasteiger partial charge in [-0.25, -0.2) is 0 Å². The molecule has 0 aliphatic rings. The van der Waals surface area contributed by atoms with Gasteiger partial charge in [-0.15, -0.1) is 0 Å². The summed E-state index contributed by atoms with van der Waals surface area (Å²) < 4.78 is 0. The van der Waals surface area contributed by atoms with Crippen LogP contribution < -0.4 is 5.32 Å². The monoisotopic (exact) mass is 434 g/mol. The summed E-state index contributed by atoms with van der Waals surface area (Å²) in [6.07, 6.45) is 1.84. The van der Waals surface area contributed by atoms with Gasteiger partial charge in [0, 0.05) is 27.4 Å². The molecule has 0 saturated heterocycles. The number of amides is 1. The van der Waals surface area contributed by atoms with Crippen LogP contribution in [-0.4, -0.2) is 17.4 Å². The van der Waals surface area contributed by atoms with Crippen LogP contribution in [0, 0.1) is 6.92 Å². The first-order chi connectivity index (χ1) is 14.6. The van der Waals surface area contributed by atoms with Crippen molar-refractivity contribution in [3.8, 4) is 0 Å². The van der Waals surface area contributed by atoms with E-state index in [1.54, 1.807) is 11.8 Å². The van der Waals surface area contributed by atoms with Crippen LogP contribution in [0.4, 0.5) is 0 Å². The SMILES string of the molecule is Cc1ccc2c(Sc3ccc(Cl)cc3)c(C(=O)NCCCc3ccccc3)[nH]c2c1. The molecule has 0 atom stereocenters. The number of nitrogens with one attached hydrogen (secondary N) is 2. The van der Waals surface area contributed by atoms with Crippen LogP contribution >= 0.6 is 23.4 Å². The molecule has 0 unspecified atom stereocenters. The minimum Gasteiger partial charge on any atom is -0.351 e. The topological polar surface area (TPSA) is 44.9 Å². The van der Waals surface area contributed by atoms with Crippen LogP contribution in [-0.2, 0) is 6.42 Å². The fourth-order valence-electron chi connectivity index (χ4n) is 3.40. The molecule has 0 radical (unpaired) electrons. The van der Waals surface area contributed by atoms with Crippen molar-refractivity contribution in [2.24, 2.45) is 0 Å². The van der Waals surface area contributed by atoms with E-state index in [1.807, 2.05) is 42.5 Å². The normalized spacial score (nSPS) is 11.0. The Morgan fingerprint density at radius 1 is 1.03 bits per heavy atom. The molecule has 3 nitrogen and oxygen atoms in total. The van der Waals surface area contributed by atoms with Crippen LogP contribution in [0.2, 0.25) is 5.02 Å². The lowest BCUT2D eigenvalue weighted by molar-refractivity contribution is 0.0946. The second-order valence-corrected chi connectivity index (χ2v) is 8.80.